The van der Waals surface area contributed by atoms with E-state index in [1.54, 1.807) is 29.2 Å². The van der Waals surface area contributed by atoms with Crippen LogP contribution in [0.1, 0.15) is 27.2 Å². The minimum atomic E-state index is -0.535. The fraction of sp³-hybridized carbons (Fsp3) is 0.115. The molecule has 0 aliphatic rings. The van der Waals surface area contributed by atoms with Crippen LogP contribution in [-0.2, 0) is 19.6 Å². The Bertz CT molecular complexity index is 1150. The summed E-state index contributed by atoms with van der Waals surface area (Å²) in [4.78, 5) is 14.9. The molecule has 156 valence electrons. The first kappa shape index (κ1) is 20.5. The molecule has 3 nitrogen and oxygen atoms in total. The molecular weight excluding hydrogens is 394 g/mol. The van der Waals surface area contributed by atoms with E-state index in [9.17, 15) is 13.6 Å². The van der Waals surface area contributed by atoms with Gasteiger partial charge >= 0.3 is 0 Å². The van der Waals surface area contributed by atoms with E-state index in [1.165, 1.54) is 24.3 Å². The summed E-state index contributed by atoms with van der Waals surface area (Å²) in [6.45, 7) is 1.22. The SMILES string of the molecule is O=C(c1ccccc1F)N(Cc1ccccc1)Cc1cccn1Cc1ccc(F)cc1. The Balaban J connectivity index is 1.61. The summed E-state index contributed by atoms with van der Waals surface area (Å²) in [5.41, 5.74) is 2.87. The summed E-state index contributed by atoms with van der Waals surface area (Å²) < 4.78 is 29.6. The molecule has 4 aromatic rings. The van der Waals surface area contributed by atoms with E-state index in [0.717, 1.165) is 16.8 Å². The molecule has 0 bridgehead atoms. The van der Waals surface area contributed by atoms with E-state index in [-0.39, 0.29) is 17.3 Å². The van der Waals surface area contributed by atoms with Crippen LogP contribution in [-0.4, -0.2) is 15.4 Å². The van der Waals surface area contributed by atoms with E-state index in [1.807, 2.05) is 53.2 Å². The zero-order valence-corrected chi connectivity index (χ0v) is 16.9. The molecule has 1 amide bonds. The van der Waals surface area contributed by atoms with Gasteiger partial charge in [0.05, 0.1) is 12.1 Å². The fourth-order valence-corrected chi connectivity index (χ4v) is 3.54. The van der Waals surface area contributed by atoms with E-state index in [2.05, 4.69) is 0 Å². The molecule has 0 N–H and O–H groups in total. The first-order valence-electron chi connectivity index (χ1n) is 10.1. The average Bonchev–Trinajstić information content (AvgIpc) is 3.22. The van der Waals surface area contributed by atoms with Gasteiger partial charge in [-0.05, 0) is 47.5 Å². The predicted octanol–water partition coefficient (Wildman–Crippen LogP) is 5.66. The Hall–Kier alpha value is -3.73. The highest BCUT2D eigenvalue weighted by Gasteiger charge is 2.21. The molecule has 0 aliphatic heterocycles. The van der Waals surface area contributed by atoms with Crippen LogP contribution in [0.4, 0.5) is 8.78 Å². The number of hydrogen-bond donors (Lipinski definition) is 0. The number of benzene rings is 3. The highest BCUT2D eigenvalue weighted by Crippen LogP contribution is 2.18. The van der Waals surface area contributed by atoms with Crippen molar-refractivity contribution in [2.75, 3.05) is 0 Å². The van der Waals surface area contributed by atoms with Gasteiger partial charge < -0.3 is 9.47 Å². The second-order valence-corrected chi connectivity index (χ2v) is 7.38. The van der Waals surface area contributed by atoms with Crippen molar-refractivity contribution in [1.29, 1.82) is 0 Å². The minimum absolute atomic E-state index is 0.0510. The lowest BCUT2D eigenvalue weighted by atomic mass is 10.1. The number of halogens is 2. The van der Waals surface area contributed by atoms with Gasteiger partial charge in [-0.2, -0.15) is 0 Å². The van der Waals surface area contributed by atoms with E-state index >= 15 is 0 Å². The average molecular weight is 416 g/mol. The van der Waals surface area contributed by atoms with Crippen molar-refractivity contribution in [3.05, 3.63) is 131 Å². The van der Waals surface area contributed by atoms with Crippen LogP contribution in [0.3, 0.4) is 0 Å². The smallest absolute Gasteiger partial charge is 0.257 e. The van der Waals surface area contributed by atoms with Crippen molar-refractivity contribution in [2.45, 2.75) is 19.6 Å². The summed E-state index contributed by atoms with van der Waals surface area (Å²) in [6.07, 6.45) is 1.92. The molecule has 1 aromatic heterocycles. The number of carbonyl (C=O) groups excluding carboxylic acids is 1. The number of nitrogens with zero attached hydrogens (tertiary/aromatic N) is 2. The molecule has 0 fully saturated rings. The van der Waals surface area contributed by atoms with Crippen LogP contribution in [0, 0.1) is 11.6 Å². The van der Waals surface area contributed by atoms with Gasteiger partial charge in [0.2, 0.25) is 0 Å². The zero-order valence-electron chi connectivity index (χ0n) is 16.9. The fourth-order valence-electron chi connectivity index (χ4n) is 3.54. The highest BCUT2D eigenvalue weighted by atomic mass is 19.1. The number of amides is 1. The lowest BCUT2D eigenvalue weighted by Gasteiger charge is -2.24. The number of hydrogen-bond acceptors (Lipinski definition) is 1. The molecule has 0 aliphatic carbocycles. The maximum absolute atomic E-state index is 14.3. The standard InChI is InChI=1S/C26H22F2N2O/c27-22-14-12-21(13-15-22)17-29-16-6-9-23(29)19-30(18-20-7-2-1-3-8-20)26(31)24-10-4-5-11-25(24)28/h1-16H,17-19H2. The Morgan fingerprint density at radius 2 is 1.45 bits per heavy atom. The first-order valence-corrected chi connectivity index (χ1v) is 10.1. The van der Waals surface area contributed by atoms with Gasteiger partial charge in [-0.15, -0.1) is 0 Å². The van der Waals surface area contributed by atoms with Gasteiger partial charge in [-0.25, -0.2) is 8.78 Å². The lowest BCUT2D eigenvalue weighted by Crippen LogP contribution is -2.31. The molecule has 5 heteroatoms. The van der Waals surface area contributed by atoms with E-state index in [4.69, 9.17) is 0 Å². The van der Waals surface area contributed by atoms with Crippen molar-refractivity contribution in [3.8, 4) is 0 Å². The summed E-state index contributed by atoms with van der Waals surface area (Å²) >= 11 is 0. The topological polar surface area (TPSA) is 25.2 Å². The van der Waals surface area contributed by atoms with Crippen molar-refractivity contribution in [3.63, 3.8) is 0 Å². The third-order valence-electron chi connectivity index (χ3n) is 5.15. The monoisotopic (exact) mass is 416 g/mol. The van der Waals surface area contributed by atoms with Crippen LogP contribution in [0.15, 0.2) is 97.2 Å². The van der Waals surface area contributed by atoms with Crippen LogP contribution < -0.4 is 0 Å². The third-order valence-corrected chi connectivity index (χ3v) is 5.15. The molecule has 0 atom stereocenters. The summed E-state index contributed by atoms with van der Waals surface area (Å²) in [7, 11) is 0. The minimum Gasteiger partial charge on any atom is -0.345 e. The summed E-state index contributed by atoms with van der Waals surface area (Å²) in [5, 5.41) is 0. The Morgan fingerprint density at radius 3 is 2.19 bits per heavy atom. The molecule has 1 heterocycles. The Labute approximate surface area is 180 Å². The summed E-state index contributed by atoms with van der Waals surface area (Å²) in [5.74, 6) is -1.18. The Morgan fingerprint density at radius 1 is 0.742 bits per heavy atom. The molecule has 0 spiro atoms. The molecule has 0 unspecified atom stereocenters. The highest BCUT2D eigenvalue weighted by molar-refractivity contribution is 5.94. The van der Waals surface area contributed by atoms with E-state index < -0.39 is 5.82 Å². The molecule has 31 heavy (non-hydrogen) atoms. The van der Waals surface area contributed by atoms with Gasteiger partial charge in [-0.3, -0.25) is 4.79 Å². The maximum Gasteiger partial charge on any atom is 0.257 e. The predicted molar refractivity (Wildman–Crippen MR) is 116 cm³/mol. The van der Waals surface area contributed by atoms with Crippen molar-refractivity contribution in [1.82, 2.24) is 9.47 Å². The normalized spacial score (nSPS) is 10.8. The van der Waals surface area contributed by atoms with Gasteiger partial charge in [0, 0.05) is 25.0 Å². The van der Waals surface area contributed by atoms with Crippen LogP contribution in [0.5, 0.6) is 0 Å². The molecule has 0 saturated carbocycles. The van der Waals surface area contributed by atoms with Crippen LogP contribution in [0.2, 0.25) is 0 Å². The van der Waals surface area contributed by atoms with Gasteiger partial charge in [-0.1, -0.05) is 54.6 Å². The summed E-state index contributed by atoms with van der Waals surface area (Å²) in [6, 6.07) is 25.9. The number of rotatable bonds is 7. The number of aromatic nitrogens is 1. The largest absolute Gasteiger partial charge is 0.345 e. The molecule has 3 aromatic carbocycles. The van der Waals surface area contributed by atoms with Gasteiger partial charge in [0.1, 0.15) is 11.6 Å². The van der Waals surface area contributed by atoms with Gasteiger partial charge in [0.25, 0.3) is 5.91 Å². The molecule has 4 rings (SSSR count). The van der Waals surface area contributed by atoms with Crippen molar-refractivity contribution < 1.29 is 13.6 Å². The quantitative estimate of drug-likeness (QED) is 0.382. The number of carbonyl (C=O) groups is 1. The van der Waals surface area contributed by atoms with Gasteiger partial charge in [0.15, 0.2) is 0 Å². The van der Waals surface area contributed by atoms with Crippen LogP contribution in [0.25, 0.3) is 0 Å². The zero-order chi connectivity index (χ0) is 21.6. The van der Waals surface area contributed by atoms with Crippen molar-refractivity contribution >= 4 is 5.91 Å². The molecule has 0 saturated heterocycles. The molecule has 0 radical (unpaired) electrons. The van der Waals surface area contributed by atoms with E-state index in [0.29, 0.717) is 19.6 Å². The third kappa shape index (κ3) is 5.07. The maximum atomic E-state index is 14.3. The Kier molecular flexibility index (Phi) is 6.22. The molecular formula is C26H22F2N2O. The lowest BCUT2D eigenvalue weighted by molar-refractivity contribution is 0.0721. The van der Waals surface area contributed by atoms with Crippen LogP contribution >= 0.6 is 0 Å². The second-order valence-electron chi connectivity index (χ2n) is 7.38. The first-order chi connectivity index (χ1) is 15.1. The van der Waals surface area contributed by atoms with Crippen molar-refractivity contribution in [2.24, 2.45) is 0 Å². The second kappa shape index (κ2) is 9.39.